The summed E-state index contributed by atoms with van der Waals surface area (Å²) in [6, 6.07) is 17.7. The molecule has 0 fully saturated rings. The van der Waals surface area contributed by atoms with Crippen molar-refractivity contribution in [2.75, 3.05) is 6.61 Å². The van der Waals surface area contributed by atoms with Gasteiger partial charge >= 0.3 is 11.9 Å². The number of benzene rings is 2. The minimum Gasteiger partial charge on any atom is -0.462 e. The van der Waals surface area contributed by atoms with E-state index in [9.17, 15) is 9.59 Å². The zero-order valence-corrected chi connectivity index (χ0v) is 20.9. The maximum absolute atomic E-state index is 11.3. The number of aryl methyl sites for hydroxylation is 1. The minimum absolute atomic E-state index is 0.319. The molecule has 2 aromatic carbocycles. The first-order valence-corrected chi connectivity index (χ1v) is 12.3. The fraction of sp³-hybridized carbons (Fsp3) is 0.400. The molecule has 184 valence electrons. The van der Waals surface area contributed by atoms with Crippen LogP contribution in [0.15, 0.2) is 79.4 Å². The van der Waals surface area contributed by atoms with Gasteiger partial charge in [0.15, 0.2) is 0 Å². The molecule has 4 heteroatoms. The largest absolute Gasteiger partial charge is 0.462 e. The highest BCUT2D eigenvalue weighted by atomic mass is 16.5. The van der Waals surface area contributed by atoms with Crippen molar-refractivity contribution in [3.05, 3.63) is 90.5 Å². The number of carbonyl (C=O) groups is 2. The van der Waals surface area contributed by atoms with Gasteiger partial charge in [-0.2, -0.15) is 0 Å². The number of esters is 2. The van der Waals surface area contributed by atoms with E-state index >= 15 is 0 Å². The van der Waals surface area contributed by atoms with Crippen molar-refractivity contribution in [1.29, 1.82) is 0 Å². The molecule has 0 amide bonds. The summed E-state index contributed by atoms with van der Waals surface area (Å²) >= 11 is 0. The highest BCUT2D eigenvalue weighted by Gasteiger charge is 2.06. The first-order valence-electron chi connectivity index (χ1n) is 12.3. The Kier molecular flexibility index (Phi) is 15.6. The summed E-state index contributed by atoms with van der Waals surface area (Å²) in [5, 5.41) is 0. The summed E-state index contributed by atoms with van der Waals surface area (Å²) in [5.41, 5.74) is 2.72. The molecule has 0 aliphatic carbocycles. The highest BCUT2D eigenvalue weighted by Crippen LogP contribution is 2.21. The van der Waals surface area contributed by atoms with Crippen LogP contribution in [0.2, 0.25) is 0 Å². The molecule has 0 spiro atoms. The van der Waals surface area contributed by atoms with Crippen molar-refractivity contribution in [1.82, 2.24) is 0 Å². The molecule has 2 rings (SSSR count). The predicted octanol–water partition coefficient (Wildman–Crippen LogP) is 7.42. The minimum atomic E-state index is -0.392. The lowest BCUT2D eigenvalue weighted by atomic mass is 10.0. The van der Waals surface area contributed by atoms with Crippen LogP contribution in [0.4, 0.5) is 0 Å². The third-order valence-electron chi connectivity index (χ3n) is 5.21. The molecule has 0 atom stereocenters. The second kappa shape index (κ2) is 18.3. The molecule has 0 N–H and O–H groups in total. The molecule has 34 heavy (non-hydrogen) atoms. The van der Waals surface area contributed by atoms with Gasteiger partial charge in [-0.3, -0.25) is 0 Å². The number of carbonyl (C=O) groups excluding carboxylic acids is 2. The molecule has 0 radical (unpaired) electrons. The molecule has 0 heterocycles. The van der Waals surface area contributed by atoms with Crippen molar-refractivity contribution in [2.24, 2.45) is 0 Å². The molecule has 0 aromatic heterocycles. The average molecular weight is 465 g/mol. The lowest BCUT2D eigenvalue weighted by Crippen LogP contribution is -2.07. The predicted molar refractivity (Wildman–Crippen MR) is 140 cm³/mol. The van der Waals surface area contributed by atoms with Crippen LogP contribution in [-0.2, 0) is 27.2 Å². The van der Waals surface area contributed by atoms with Crippen LogP contribution in [0.5, 0.6) is 5.75 Å². The maximum Gasteiger partial charge on any atom is 0.335 e. The van der Waals surface area contributed by atoms with Gasteiger partial charge in [-0.15, -0.1) is 0 Å². The Morgan fingerprint density at radius 3 is 2.12 bits per heavy atom. The van der Waals surface area contributed by atoms with Gasteiger partial charge in [0.2, 0.25) is 0 Å². The van der Waals surface area contributed by atoms with Crippen LogP contribution < -0.4 is 4.74 Å². The highest BCUT2D eigenvalue weighted by molar-refractivity contribution is 5.86. The SMILES string of the molecule is C=C(C)C(=O)OCCc1ccccc1.C=CC(=O)Oc1ccccc1CCCCCCCCC. The van der Waals surface area contributed by atoms with E-state index in [-0.39, 0.29) is 5.97 Å². The molecular weight excluding hydrogens is 424 g/mol. The standard InChI is InChI=1S/C18H26O2.C12H14O2/c1-3-5-6-7-8-9-10-13-16-14-11-12-15-17(16)20-18(19)4-2;1-10(2)12(13)14-9-8-11-6-4-3-5-7-11/h4,11-12,14-15H,2-3,5-10,13H2,1H3;3-7H,1,8-9H2,2H3. The third kappa shape index (κ3) is 13.4. The monoisotopic (exact) mass is 464 g/mol. The quantitative estimate of drug-likeness (QED) is 0.126. The smallest absolute Gasteiger partial charge is 0.335 e. The van der Waals surface area contributed by atoms with Gasteiger partial charge in [0.25, 0.3) is 0 Å². The Morgan fingerprint density at radius 2 is 1.47 bits per heavy atom. The number of para-hydroxylation sites is 1. The first kappa shape index (κ1) is 28.9. The Bertz CT molecular complexity index is 870. The topological polar surface area (TPSA) is 52.6 Å². The van der Waals surface area contributed by atoms with Gasteiger partial charge in [0.1, 0.15) is 5.75 Å². The summed E-state index contributed by atoms with van der Waals surface area (Å²) in [7, 11) is 0. The zero-order valence-electron chi connectivity index (χ0n) is 20.9. The number of ether oxygens (including phenoxy) is 2. The van der Waals surface area contributed by atoms with Crippen molar-refractivity contribution >= 4 is 11.9 Å². The van der Waals surface area contributed by atoms with Crippen LogP contribution in [0.25, 0.3) is 0 Å². The van der Waals surface area contributed by atoms with Gasteiger partial charge in [-0.05, 0) is 37.0 Å². The summed E-state index contributed by atoms with van der Waals surface area (Å²) in [6.45, 7) is 11.2. The van der Waals surface area contributed by atoms with Gasteiger partial charge in [0, 0.05) is 18.1 Å². The van der Waals surface area contributed by atoms with E-state index < -0.39 is 5.97 Å². The van der Waals surface area contributed by atoms with Crippen LogP contribution in [0.1, 0.15) is 69.9 Å². The van der Waals surface area contributed by atoms with Crippen molar-refractivity contribution in [3.8, 4) is 5.75 Å². The molecule has 0 aliphatic rings. The average Bonchev–Trinajstić information content (AvgIpc) is 2.85. The Hall–Kier alpha value is -3.14. The second-order valence-corrected chi connectivity index (χ2v) is 8.26. The van der Waals surface area contributed by atoms with E-state index in [0.717, 1.165) is 24.8 Å². The zero-order chi connectivity index (χ0) is 25.0. The van der Waals surface area contributed by atoms with Crippen molar-refractivity contribution < 1.29 is 19.1 Å². The first-order chi connectivity index (χ1) is 16.5. The summed E-state index contributed by atoms with van der Waals surface area (Å²) in [5.74, 6) is -0.0404. The summed E-state index contributed by atoms with van der Waals surface area (Å²) in [4.78, 5) is 22.3. The molecule has 0 saturated carbocycles. The summed E-state index contributed by atoms with van der Waals surface area (Å²) < 4.78 is 10.2. The van der Waals surface area contributed by atoms with E-state index in [4.69, 9.17) is 9.47 Å². The van der Waals surface area contributed by atoms with Crippen LogP contribution in [0.3, 0.4) is 0 Å². The normalized spacial score (nSPS) is 9.94. The molecular formula is C30H40O4. The van der Waals surface area contributed by atoms with E-state index in [0.29, 0.717) is 17.9 Å². The fourth-order valence-electron chi connectivity index (χ4n) is 3.26. The van der Waals surface area contributed by atoms with Crippen molar-refractivity contribution in [2.45, 2.75) is 71.6 Å². The van der Waals surface area contributed by atoms with Crippen LogP contribution >= 0.6 is 0 Å². The van der Waals surface area contributed by atoms with Gasteiger partial charge in [0.05, 0.1) is 6.61 Å². The molecule has 4 nitrogen and oxygen atoms in total. The van der Waals surface area contributed by atoms with Gasteiger partial charge in [-0.1, -0.05) is 107 Å². The number of hydrogen-bond donors (Lipinski definition) is 0. The van der Waals surface area contributed by atoms with E-state index in [1.165, 1.54) is 50.2 Å². The molecule has 0 saturated heterocycles. The number of rotatable bonds is 14. The lowest BCUT2D eigenvalue weighted by Gasteiger charge is -2.08. The van der Waals surface area contributed by atoms with E-state index in [1.54, 1.807) is 6.92 Å². The van der Waals surface area contributed by atoms with Crippen LogP contribution in [-0.4, -0.2) is 18.5 Å². The van der Waals surface area contributed by atoms with Crippen LogP contribution in [0, 0.1) is 0 Å². The van der Waals surface area contributed by atoms with E-state index in [1.807, 2.05) is 54.6 Å². The second-order valence-electron chi connectivity index (χ2n) is 8.26. The van der Waals surface area contributed by atoms with Crippen molar-refractivity contribution in [3.63, 3.8) is 0 Å². The Labute approximate surface area is 205 Å². The van der Waals surface area contributed by atoms with E-state index in [2.05, 4.69) is 20.1 Å². The fourth-order valence-corrected chi connectivity index (χ4v) is 3.26. The number of unbranched alkanes of at least 4 members (excludes halogenated alkanes) is 6. The molecule has 2 aromatic rings. The lowest BCUT2D eigenvalue weighted by molar-refractivity contribution is -0.138. The van der Waals surface area contributed by atoms with Gasteiger partial charge in [-0.25, -0.2) is 9.59 Å². The molecule has 0 aliphatic heterocycles. The number of hydrogen-bond acceptors (Lipinski definition) is 4. The van der Waals surface area contributed by atoms with Gasteiger partial charge < -0.3 is 9.47 Å². The summed E-state index contributed by atoms with van der Waals surface area (Å²) in [6.07, 6.45) is 11.9. The maximum atomic E-state index is 11.3. The molecule has 0 bridgehead atoms. The molecule has 0 unspecified atom stereocenters. The Balaban J connectivity index is 0.000000362. The third-order valence-corrected chi connectivity index (χ3v) is 5.21. The Morgan fingerprint density at radius 1 is 0.853 bits per heavy atom.